The number of nitrogens with one attached hydrogen (secondary N) is 1. The normalized spacial score (nSPS) is 12.1. The van der Waals surface area contributed by atoms with E-state index in [9.17, 15) is 4.39 Å². The Bertz CT molecular complexity index is 471. The molecule has 1 N–H and O–H groups in total. The predicted molar refractivity (Wildman–Crippen MR) is 67.3 cm³/mol. The zero-order valence-electron chi connectivity index (χ0n) is 9.73. The Kier molecular flexibility index (Phi) is 3.70. The van der Waals surface area contributed by atoms with E-state index in [-0.39, 0.29) is 11.9 Å². The maximum absolute atomic E-state index is 13.5. The molecule has 0 aliphatic carbocycles. The number of aromatic nitrogens is 1. The van der Waals surface area contributed by atoms with Crippen molar-refractivity contribution in [3.63, 3.8) is 0 Å². The van der Waals surface area contributed by atoms with Crippen LogP contribution in [0, 0.1) is 5.82 Å². The van der Waals surface area contributed by atoms with Crippen LogP contribution in [0.4, 0.5) is 10.2 Å². The summed E-state index contributed by atoms with van der Waals surface area (Å²) < 4.78 is 13.5. The van der Waals surface area contributed by atoms with Crippen LogP contribution in [0.2, 0.25) is 0 Å². The van der Waals surface area contributed by atoms with E-state index in [1.165, 1.54) is 6.07 Å². The van der Waals surface area contributed by atoms with Gasteiger partial charge in [0.05, 0.1) is 6.04 Å². The molecule has 0 spiro atoms. The quantitative estimate of drug-likeness (QED) is 0.864. The fourth-order valence-electron chi connectivity index (χ4n) is 1.76. The molecule has 1 atom stereocenters. The summed E-state index contributed by atoms with van der Waals surface area (Å²) >= 11 is 0. The minimum absolute atomic E-state index is 0.0839. The highest BCUT2D eigenvalue weighted by molar-refractivity contribution is 5.39. The van der Waals surface area contributed by atoms with Crippen molar-refractivity contribution in [2.24, 2.45) is 0 Å². The summed E-state index contributed by atoms with van der Waals surface area (Å²) in [5.41, 5.74) is 1.14. The van der Waals surface area contributed by atoms with Gasteiger partial charge in [-0.2, -0.15) is 0 Å². The molecule has 1 aromatic heterocycles. The fraction of sp³-hybridized carbons (Fsp3) is 0.214. The van der Waals surface area contributed by atoms with Crippen LogP contribution in [0.1, 0.15) is 24.9 Å². The Labute approximate surface area is 101 Å². The minimum Gasteiger partial charge on any atom is -0.361 e. The lowest BCUT2D eigenvalue weighted by Gasteiger charge is -2.18. The molecule has 1 unspecified atom stereocenters. The Hall–Kier alpha value is -1.90. The van der Waals surface area contributed by atoms with Gasteiger partial charge in [-0.25, -0.2) is 9.37 Å². The lowest BCUT2D eigenvalue weighted by atomic mass is 10.0. The van der Waals surface area contributed by atoms with E-state index >= 15 is 0 Å². The second-order valence-electron chi connectivity index (χ2n) is 3.85. The summed E-state index contributed by atoms with van der Waals surface area (Å²) in [4.78, 5) is 4.01. The van der Waals surface area contributed by atoms with Crippen molar-refractivity contribution in [2.75, 3.05) is 5.32 Å². The molecular weight excluding hydrogens is 215 g/mol. The Morgan fingerprint density at radius 2 is 1.94 bits per heavy atom. The molecule has 0 radical (unpaired) electrons. The number of nitrogens with zero attached hydrogens (tertiary/aromatic N) is 1. The lowest BCUT2D eigenvalue weighted by molar-refractivity contribution is 0.617. The van der Waals surface area contributed by atoms with E-state index in [2.05, 4.69) is 17.2 Å². The largest absolute Gasteiger partial charge is 0.361 e. The Balaban J connectivity index is 2.19. The van der Waals surface area contributed by atoms with Crippen molar-refractivity contribution in [1.29, 1.82) is 0 Å². The Morgan fingerprint density at radius 3 is 2.59 bits per heavy atom. The molecule has 0 amide bonds. The van der Waals surface area contributed by atoms with Crippen molar-refractivity contribution in [3.05, 3.63) is 60.0 Å². The average Bonchev–Trinajstić information content (AvgIpc) is 2.39. The van der Waals surface area contributed by atoms with Crippen LogP contribution in [0.3, 0.4) is 0 Å². The average molecular weight is 230 g/mol. The maximum atomic E-state index is 13.5. The van der Waals surface area contributed by atoms with Gasteiger partial charge >= 0.3 is 0 Å². The van der Waals surface area contributed by atoms with E-state index in [0.717, 1.165) is 12.0 Å². The predicted octanol–water partition coefficient (Wildman–Crippen LogP) is 3.78. The Morgan fingerprint density at radius 1 is 1.18 bits per heavy atom. The second kappa shape index (κ2) is 5.43. The number of halogens is 1. The van der Waals surface area contributed by atoms with Crippen molar-refractivity contribution in [1.82, 2.24) is 4.98 Å². The van der Waals surface area contributed by atoms with Crippen LogP contribution in [0.25, 0.3) is 0 Å². The molecule has 0 fully saturated rings. The van der Waals surface area contributed by atoms with Gasteiger partial charge in [-0.3, -0.25) is 0 Å². The highest BCUT2D eigenvalue weighted by Gasteiger charge is 2.11. The number of hydrogen-bond acceptors (Lipinski definition) is 2. The van der Waals surface area contributed by atoms with Gasteiger partial charge in [0.15, 0.2) is 11.6 Å². The van der Waals surface area contributed by atoms with Crippen molar-refractivity contribution < 1.29 is 4.39 Å². The third-order valence-electron chi connectivity index (χ3n) is 2.68. The van der Waals surface area contributed by atoms with E-state index in [0.29, 0.717) is 5.82 Å². The summed E-state index contributed by atoms with van der Waals surface area (Å²) in [6.07, 6.45) is 2.46. The number of pyridine rings is 1. The second-order valence-corrected chi connectivity index (χ2v) is 3.85. The molecule has 0 aliphatic heterocycles. The smallest absolute Gasteiger partial charge is 0.165 e. The first kappa shape index (κ1) is 11.6. The molecule has 1 heterocycles. The van der Waals surface area contributed by atoms with Crippen LogP contribution in [0.5, 0.6) is 0 Å². The molecule has 0 saturated carbocycles. The summed E-state index contributed by atoms with van der Waals surface area (Å²) in [5, 5.41) is 3.13. The number of anilines is 1. The SMILES string of the molecule is CCC(Nc1ncccc1F)c1ccccc1. The van der Waals surface area contributed by atoms with Crippen molar-refractivity contribution in [3.8, 4) is 0 Å². The molecule has 1 aromatic carbocycles. The molecule has 17 heavy (non-hydrogen) atoms. The van der Waals surface area contributed by atoms with Crippen molar-refractivity contribution in [2.45, 2.75) is 19.4 Å². The summed E-state index contributed by atoms with van der Waals surface area (Å²) in [7, 11) is 0. The summed E-state index contributed by atoms with van der Waals surface area (Å²) in [6.45, 7) is 2.06. The van der Waals surface area contributed by atoms with Crippen molar-refractivity contribution >= 4 is 5.82 Å². The van der Waals surface area contributed by atoms with Gasteiger partial charge < -0.3 is 5.32 Å². The van der Waals surface area contributed by atoms with E-state index in [1.807, 2.05) is 30.3 Å². The van der Waals surface area contributed by atoms with Crippen LogP contribution in [-0.2, 0) is 0 Å². The minimum atomic E-state index is -0.318. The summed E-state index contributed by atoms with van der Waals surface area (Å²) in [6, 6.07) is 13.1. The van der Waals surface area contributed by atoms with Gasteiger partial charge in [0.1, 0.15) is 0 Å². The monoisotopic (exact) mass is 230 g/mol. The first-order valence-electron chi connectivity index (χ1n) is 5.73. The summed E-state index contributed by atoms with van der Waals surface area (Å²) in [5.74, 6) is -0.00918. The van der Waals surface area contributed by atoms with Gasteiger partial charge in [-0.1, -0.05) is 37.3 Å². The molecule has 0 aliphatic rings. The molecule has 0 bridgehead atoms. The lowest BCUT2D eigenvalue weighted by Crippen LogP contribution is -2.11. The first-order chi connectivity index (χ1) is 8.31. The molecule has 88 valence electrons. The van der Waals surface area contributed by atoms with Gasteiger partial charge in [0.2, 0.25) is 0 Å². The molecule has 2 nitrogen and oxygen atoms in total. The molecular formula is C14H15FN2. The topological polar surface area (TPSA) is 24.9 Å². The third kappa shape index (κ3) is 2.81. The number of benzene rings is 1. The first-order valence-corrected chi connectivity index (χ1v) is 5.73. The van der Waals surface area contributed by atoms with Crippen LogP contribution < -0.4 is 5.32 Å². The maximum Gasteiger partial charge on any atom is 0.165 e. The highest BCUT2D eigenvalue weighted by Crippen LogP contribution is 2.22. The van der Waals surface area contributed by atoms with E-state index < -0.39 is 0 Å². The van der Waals surface area contributed by atoms with E-state index in [4.69, 9.17) is 0 Å². The van der Waals surface area contributed by atoms with Gasteiger partial charge in [0.25, 0.3) is 0 Å². The molecule has 3 heteroatoms. The zero-order valence-corrected chi connectivity index (χ0v) is 9.73. The number of hydrogen-bond donors (Lipinski definition) is 1. The fourth-order valence-corrected chi connectivity index (χ4v) is 1.76. The van der Waals surface area contributed by atoms with E-state index in [1.54, 1.807) is 12.3 Å². The third-order valence-corrected chi connectivity index (χ3v) is 2.68. The molecule has 2 aromatic rings. The van der Waals surface area contributed by atoms with Gasteiger partial charge in [-0.15, -0.1) is 0 Å². The highest BCUT2D eigenvalue weighted by atomic mass is 19.1. The standard InChI is InChI=1S/C14H15FN2/c1-2-13(11-7-4-3-5-8-11)17-14-12(15)9-6-10-16-14/h3-10,13H,2H2,1H3,(H,16,17). The van der Waals surface area contributed by atoms with Crippen LogP contribution in [0.15, 0.2) is 48.7 Å². The molecule has 2 rings (SSSR count). The van der Waals surface area contributed by atoms with Crippen LogP contribution >= 0.6 is 0 Å². The number of rotatable bonds is 4. The van der Waals surface area contributed by atoms with Crippen LogP contribution in [-0.4, -0.2) is 4.98 Å². The zero-order chi connectivity index (χ0) is 12.1. The van der Waals surface area contributed by atoms with Gasteiger partial charge in [-0.05, 0) is 24.1 Å². The molecule has 0 saturated heterocycles. The van der Waals surface area contributed by atoms with Gasteiger partial charge in [0, 0.05) is 6.20 Å².